The van der Waals surface area contributed by atoms with Crippen molar-refractivity contribution in [3.05, 3.63) is 42.6 Å². The van der Waals surface area contributed by atoms with Gasteiger partial charge in [0.1, 0.15) is 0 Å². The minimum atomic E-state index is 0.387. The van der Waals surface area contributed by atoms with Crippen LogP contribution >= 0.6 is 0 Å². The zero-order chi connectivity index (χ0) is 12.4. The molecule has 0 aliphatic rings. The van der Waals surface area contributed by atoms with Crippen molar-refractivity contribution in [1.29, 1.82) is 0 Å². The Morgan fingerprint density at radius 3 is 3.00 bits per heavy atom. The van der Waals surface area contributed by atoms with Crippen LogP contribution < -0.4 is 11.1 Å². The summed E-state index contributed by atoms with van der Waals surface area (Å²) in [5.41, 5.74) is 8.58. The van der Waals surface area contributed by atoms with Crippen LogP contribution in [0.2, 0.25) is 0 Å². The van der Waals surface area contributed by atoms with Crippen LogP contribution in [0.3, 0.4) is 0 Å². The molecular weight excluding hydrogens is 228 g/mol. The van der Waals surface area contributed by atoms with E-state index >= 15 is 0 Å². The van der Waals surface area contributed by atoms with Gasteiger partial charge in [-0.3, -0.25) is 0 Å². The molecule has 0 aliphatic carbocycles. The van der Waals surface area contributed by atoms with Gasteiger partial charge in [0.05, 0.1) is 6.67 Å². The molecule has 90 valence electrons. The number of pyridine rings is 1. The highest BCUT2D eigenvalue weighted by Gasteiger charge is 2.08. The first-order chi connectivity index (χ1) is 8.86. The molecule has 5 heteroatoms. The third-order valence-electron chi connectivity index (χ3n) is 2.58. The Morgan fingerprint density at radius 2 is 2.17 bits per heavy atom. The van der Waals surface area contributed by atoms with Gasteiger partial charge in [-0.25, -0.2) is 4.98 Å². The largest absolute Gasteiger partial charge is 0.434 e. The molecule has 3 N–H and O–H groups in total. The van der Waals surface area contributed by atoms with Gasteiger partial charge >= 0.3 is 0 Å². The lowest BCUT2D eigenvalue weighted by atomic mass is 10.2. The molecule has 0 unspecified atom stereocenters. The lowest BCUT2D eigenvalue weighted by Gasteiger charge is -2.03. The van der Waals surface area contributed by atoms with E-state index in [1.807, 2.05) is 36.4 Å². The molecule has 0 saturated heterocycles. The number of oxazole rings is 1. The summed E-state index contributed by atoms with van der Waals surface area (Å²) in [4.78, 5) is 8.49. The van der Waals surface area contributed by atoms with Gasteiger partial charge in [-0.1, -0.05) is 6.07 Å². The lowest BCUT2D eigenvalue weighted by molar-refractivity contribution is 0.619. The van der Waals surface area contributed by atoms with Crippen molar-refractivity contribution in [3.8, 4) is 11.5 Å². The van der Waals surface area contributed by atoms with E-state index in [1.165, 1.54) is 0 Å². The molecule has 5 nitrogen and oxygen atoms in total. The van der Waals surface area contributed by atoms with Crippen molar-refractivity contribution < 1.29 is 4.42 Å². The number of nitrogens with two attached hydrogens (primary N) is 1. The Hall–Kier alpha value is -2.40. The predicted molar refractivity (Wildman–Crippen MR) is 69.9 cm³/mol. The van der Waals surface area contributed by atoms with Crippen LogP contribution in [0.25, 0.3) is 22.7 Å². The van der Waals surface area contributed by atoms with Gasteiger partial charge in [-0.15, -0.1) is 0 Å². The molecule has 0 atom stereocenters. The number of rotatable bonds is 3. The first-order valence-corrected chi connectivity index (χ1v) is 5.63. The van der Waals surface area contributed by atoms with Crippen LogP contribution in [0.4, 0.5) is 5.69 Å². The summed E-state index contributed by atoms with van der Waals surface area (Å²) in [6.07, 6.45) is 1.70. The molecule has 18 heavy (non-hydrogen) atoms. The second-order valence-corrected chi connectivity index (χ2v) is 3.81. The molecule has 0 aliphatic heterocycles. The van der Waals surface area contributed by atoms with Crippen LogP contribution in [-0.4, -0.2) is 16.6 Å². The monoisotopic (exact) mass is 240 g/mol. The Kier molecular flexibility index (Phi) is 2.66. The maximum absolute atomic E-state index is 5.65. The fraction of sp³-hybridized carbons (Fsp3) is 0.0769. The van der Waals surface area contributed by atoms with Gasteiger partial charge < -0.3 is 15.5 Å². The van der Waals surface area contributed by atoms with Crippen molar-refractivity contribution in [3.63, 3.8) is 0 Å². The van der Waals surface area contributed by atoms with Crippen LogP contribution in [0.5, 0.6) is 0 Å². The van der Waals surface area contributed by atoms with E-state index in [4.69, 9.17) is 10.2 Å². The van der Waals surface area contributed by atoms with Crippen molar-refractivity contribution >= 4 is 16.9 Å². The summed E-state index contributed by atoms with van der Waals surface area (Å²) in [5.74, 6) is 0.560. The zero-order valence-corrected chi connectivity index (χ0v) is 9.63. The van der Waals surface area contributed by atoms with Crippen LogP contribution in [0.15, 0.2) is 47.0 Å². The van der Waals surface area contributed by atoms with Gasteiger partial charge in [0.25, 0.3) is 0 Å². The maximum Gasteiger partial charge on any atom is 0.228 e. The van der Waals surface area contributed by atoms with Crippen molar-refractivity contribution in [2.24, 2.45) is 5.73 Å². The number of hydrogen-bond donors (Lipinski definition) is 2. The Labute approximate surface area is 104 Å². The highest BCUT2D eigenvalue weighted by Crippen LogP contribution is 2.24. The molecule has 1 aromatic carbocycles. The molecule has 2 aromatic heterocycles. The molecule has 2 heterocycles. The van der Waals surface area contributed by atoms with E-state index in [9.17, 15) is 0 Å². The fourth-order valence-corrected chi connectivity index (χ4v) is 1.77. The molecule has 3 rings (SSSR count). The molecule has 0 radical (unpaired) electrons. The lowest BCUT2D eigenvalue weighted by Crippen LogP contribution is -2.10. The van der Waals surface area contributed by atoms with E-state index in [-0.39, 0.29) is 0 Å². The molecular formula is C13H12N4O. The zero-order valence-electron chi connectivity index (χ0n) is 9.63. The summed E-state index contributed by atoms with van der Waals surface area (Å²) < 4.78 is 5.65. The second kappa shape index (κ2) is 4.46. The quantitative estimate of drug-likeness (QED) is 0.686. The number of fused-ring (bicyclic) bond motifs is 1. The summed E-state index contributed by atoms with van der Waals surface area (Å²) in [6.45, 7) is 0.387. The third kappa shape index (κ3) is 1.91. The normalized spacial score (nSPS) is 10.7. The van der Waals surface area contributed by atoms with Crippen molar-refractivity contribution in [2.45, 2.75) is 0 Å². The summed E-state index contributed by atoms with van der Waals surface area (Å²) >= 11 is 0. The van der Waals surface area contributed by atoms with Crippen LogP contribution in [0, 0.1) is 0 Å². The van der Waals surface area contributed by atoms with E-state index in [0.29, 0.717) is 23.8 Å². The number of nitrogens with one attached hydrogen (secondary N) is 1. The highest BCUT2D eigenvalue weighted by atomic mass is 16.3. The predicted octanol–water partition coefficient (Wildman–Crippen LogP) is 2.22. The topological polar surface area (TPSA) is 77.0 Å². The third-order valence-corrected chi connectivity index (χ3v) is 2.58. The number of hydrogen-bond acceptors (Lipinski definition) is 5. The fourth-order valence-electron chi connectivity index (χ4n) is 1.77. The number of aromatic nitrogens is 2. The molecule has 0 fully saturated rings. The summed E-state index contributed by atoms with van der Waals surface area (Å²) in [6, 6.07) is 11.4. The highest BCUT2D eigenvalue weighted by molar-refractivity contribution is 5.73. The smallest absolute Gasteiger partial charge is 0.228 e. The van der Waals surface area contributed by atoms with Crippen molar-refractivity contribution in [1.82, 2.24) is 9.97 Å². The molecule has 0 spiro atoms. The molecule has 3 aromatic rings. The minimum absolute atomic E-state index is 0.387. The standard InChI is InChI=1S/C13H12N4O/c14-8-16-10-4-1-3-9(7-10)13-17-12-11(18-13)5-2-6-15-12/h1-7,16H,8,14H2. The van der Waals surface area contributed by atoms with Crippen LogP contribution in [-0.2, 0) is 0 Å². The molecule has 0 bridgehead atoms. The second-order valence-electron chi connectivity index (χ2n) is 3.81. The van der Waals surface area contributed by atoms with Gasteiger partial charge in [0.2, 0.25) is 5.89 Å². The Bertz CT molecular complexity index is 644. The van der Waals surface area contributed by atoms with Gasteiger partial charge in [-0.05, 0) is 30.3 Å². The number of benzene rings is 1. The average molecular weight is 240 g/mol. The summed E-state index contributed by atoms with van der Waals surface area (Å²) in [7, 11) is 0. The van der Waals surface area contributed by atoms with E-state index < -0.39 is 0 Å². The van der Waals surface area contributed by atoms with Gasteiger partial charge in [0.15, 0.2) is 11.2 Å². The van der Waals surface area contributed by atoms with Crippen LogP contribution in [0.1, 0.15) is 0 Å². The molecule has 0 amide bonds. The number of nitrogens with zero attached hydrogens (tertiary/aromatic N) is 2. The molecule has 0 saturated carbocycles. The van der Waals surface area contributed by atoms with Gasteiger partial charge in [-0.2, -0.15) is 4.98 Å². The summed E-state index contributed by atoms with van der Waals surface area (Å²) in [5, 5.41) is 3.04. The Morgan fingerprint density at radius 1 is 1.22 bits per heavy atom. The van der Waals surface area contributed by atoms with E-state index in [2.05, 4.69) is 15.3 Å². The SMILES string of the molecule is NCNc1cccc(-c2nc3ncccc3o2)c1. The first-order valence-electron chi connectivity index (χ1n) is 5.63. The van der Waals surface area contributed by atoms with E-state index in [1.54, 1.807) is 6.20 Å². The maximum atomic E-state index is 5.65. The van der Waals surface area contributed by atoms with E-state index in [0.717, 1.165) is 11.3 Å². The Balaban J connectivity index is 2.05. The first kappa shape index (κ1) is 10.7. The number of anilines is 1. The average Bonchev–Trinajstić information content (AvgIpc) is 2.83. The van der Waals surface area contributed by atoms with Crippen molar-refractivity contribution in [2.75, 3.05) is 12.0 Å². The minimum Gasteiger partial charge on any atom is -0.434 e. The van der Waals surface area contributed by atoms with Gasteiger partial charge in [0, 0.05) is 17.4 Å².